The first kappa shape index (κ1) is 11.4. The van der Waals surface area contributed by atoms with Crippen LogP contribution < -0.4 is 10.1 Å². The summed E-state index contributed by atoms with van der Waals surface area (Å²) < 4.78 is 11.0. The highest BCUT2D eigenvalue weighted by atomic mass is 16.5. The molecule has 1 saturated heterocycles. The van der Waals surface area contributed by atoms with E-state index in [1.165, 1.54) is 5.56 Å². The van der Waals surface area contributed by atoms with E-state index in [9.17, 15) is 0 Å². The van der Waals surface area contributed by atoms with Crippen molar-refractivity contribution in [1.29, 1.82) is 0 Å². The topological polar surface area (TPSA) is 30.5 Å². The smallest absolute Gasteiger partial charge is 0.118 e. The second kappa shape index (κ2) is 4.85. The van der Waals surface area contributed by atoms with Crippen molar-refractivity contribution in [1.82, 2.24) is 5.32 Å². The van der Waals surface area contributed by atoms with Crippen LogP contribution in [-0.4, -0.2) is 32.4 Å². The SMILES string of the molecule is COc1ccc(CC2(C)CNCCO2)cc1. The maximum atomic E-state index is 5.83. The summed E-state index contributed by atoms with van der Waals surface area (Å²) in [5.41, 5.74) is 1.21. The van der Waals surface area contributed by atoms with Crippen LogP contribution in [0.25, 0.3) is 0 Å². The van der Waals surface area contributed by atoms with Crippen molar-refractivity contribution in [3.8, 4) is 5.75 Å². The molecule has 1 aromatic carbocycles. The van der Waals surface area contributed by atoms with Crippen LogP contribution in [0.15, 0.2) is 24.3 Å². The van der Waals surface area contributed by atoms with Crippen LogP contribution in [0.4, 0.5) is 0 Å². The molecule has 3 nitrogen and oxygen atoms in total. The summed E-state index contributed by atoms with van der Waals surface area (Å²) in [7, 11) is 1.69. The maximum absolute atomic E-state index is 5.83. The van der Waals surface area contributed by atoms with Gasteiger partial charge in [0.25, 0.3) is 0 Å². The van der Waals surface area contributed by atoms with E-state index in [1.807, 2.05) is 12.1 Å². The minimum atomic E-state index is -0.0765. The van der Waals surface area contributed by atoms with Crippen molar-refractivity contribution < 1.29 is 9.47 Å². The monoisotopic (exact) mass is 221 g/mol. The molecular formula is C13H19NO2. The van der Waals surface area contributed by atoms with Gasteiger partial charge in [0, 0.05) is 19.5 Å². The highest BCUT2D eigenvalue weighted by Gasteiger charge is 2.27. The number of benzene rings is 1. The van der Waals surface area contributed by atoms with Crippen LogP contribution >= 0.6 is 0 Å². The van der Waals surface area contributed by atoms with E-state index in [0.717, 1.165) is 31.9 Å². The molecule has 1 atom stereocenters. The Morgan fingerprint density at radius 2 is 2.12 bits per heavy atom. The molecular weight excluding hydrogens is 202 g/mol. The van der Waals surface area contributed by atoms with Gasteiger partial charge in [-0.05, 0) is 24.6 Å². The number of nitrogens with one attached hydrogen (secondary N) is 1. The van der Waals surface area contributed by atoms with Crippen LogP contribution in [0.3, 0.4) is 0 Å². The van der Waals surface area contributed by atoms with Crippen molar-refractivity contribution >= 4 is 0 Å². The molecule has 0 bridgehead atoms. The van der Waals surface area contributed by atoms with Crippen LogP contribution in [0.1, 0.15) is 12.5 Å². The van der Waals surface area contributed by atoms with Crippen LogP contribution in [-0.2, 0) is 11.2 Å². The third-order valence-electron chi connectivity index (χ3n) is 2.97. The molecule has 16 heavy (non-hydrogen) atoms. The second-order valence-electron chi connectivity index (χ2n) is 4.50. The summed E-state index contributed by atoms with van der Waals surface area (Å²) in [6.45, 7) is 4.83. The molecule has 0 aromatic heterocycles. The average Bonchev–Trinajstić information content (AvgIpc) is 2.30. The molecule has 0 radical (unpaired) electrons. The average molecular weight is 221 g/mol. The molecule has 0 amide bonds. The van der Waals surface area contributed by atoms with Crippen LogP contribution in [0.2, 0.25) is 0 Å². The first-order valence-corrected chi connectivity index (χ1v) is 5.69. The van der Waals surface area contributed by atoms with Gasteiger partial charge in [0.05, 0.1) is 19.3 Å². The molecule has 1 N–H and O–H groups in total. The van der Waals surface area contributed by atoms with Gasteiger partial charge in [-0.1, -0.05) is 12.1 Å². The molecule has 1 aliphatic rings. The highest BCUT2D eigenvalue weighted by Crippen LogP contribution is 2.20. The van der Waals surface area contributed by atoms with Crippen LogP contribution in [0.5, 0.6) is 5.75 Å². The predicted molar refractivity (Wildman–Crippen MR) is 63.9 cm³/mol. The predicted octanol–water partition coefficient (Wildman–Crippen LogP) is 1.62. The Hall–Kier alpha value is -1.06. The molecule has 1 fully saturated rings. The van der Waals surface area contributed by atoms with E-state index in [1.54, 1.807) is 7.11 Å². The first-order chi connectivity index (χ1) is 7.72. The molecule has 1 aromatic rings. The number of hydrogen-bond acceptors (Lipinski definition) is 3. The Morgan fingerprint density at radius 1 is 1.38 bits per heavy atom. The van der Waals surface area contributed by atoms with Crippen molar-refractivity contribution in [3.63, 3.8) is 0 Å². The van der Waals surface area contributed by atoms with Gasteiger partial charge < -0.3 is 14.8 Å². The van der Waals surface area contributed by atoms with Gasteiger partial charge in [-0.15, -0.1) is 0 Å². The molecule has 1 heterocycles. The summed E-state index contributed by atoms with van der Waals surface area (Å²) in [6, 6.07) is 8.19. The summed E-state index contributed by atoms with van der Waals surface area (Å²) in [6.07, 6.45) is 0.935. The Labute approximate surface area is 96.8 Å². The third-order valence-corrected chi connectivity index (χ3v) is 2.97. The van der Waals surface area contributed by atoms with E-state index >= 15 is 0 Å². The fourth-order valence-electron chi connectivity index (χ4n) is 2.06. The normalized spacial score (nSPS) is 25.4. The number of ether oxygens (including phenoxy) is 2. The zero-order chi connectivity index (χ0) is 11.4. The van der Waals surface area contributed by atoms with E-state index in [2.05, 4.69) is 24.4 Å². The van der Waals surface area contributed by atoms with E-state index < -0.39 is 0 Å². The molecule has 3 heteroatoms. The van der Waals surface area contributed by atoms with Gasteiger partial charge in [-0.3, -0.25) is 0 Å². The Morgan fingerprint density at radius 3 is 2.69 bits per heavy atom. The van der Waals surface area contributed by atoms with Gasteiger partial charge in [0.15, 0.2) is 0 Å². The van der Waals surface area contributed by atoms with Crippen molar-refractivity contribution in [2.24, 2.45) is 0 Å². The van der Waals surface area contributed by atoms with Gasteiger partial charge in [-0.2, -0.15) is 0 Å². The molecule has 0 saturated carbocycles. The lowest BCUT2D eigenvalue weighted by atomic mass is 9.95. The maximum Gasteiger partial charge on any atom is 0.118 e. The Bertz CT molecular complexity index is 328. The quantitative estimate of drug-likeness (QED) is 0.841. The lowest BCUT2D eigenvalue weighted by molar-refractivity contribution is -0.0517. The molecule has 1 unspecified atom stereocenters. The molecule has 0 spiro atoms. The Balaban J connectivity index is 2.01. The van der Waals surface area contributed by atoms with E-state index in [4.69, 9.17) is 9.47 Å². The number of methoxy groups -OCH3 is 1. The second-order valence-corrected chi connectivity index (χ2v) is 4.50. The van der Waals surface area contributed by atoms with Crippen molar-refractivity contribution in [2.75, 3.05) is 26.8 Å². The third kappa shape index (κ3) is 2.74. The lowest BCUT2D eigenvalue weighted by Crippen LogP contribution is -2.48. The minimum absolute atomic E-state index is 0.0765. The largest absolute Gasteiger partial charge is 0.497 e. The molecule has 88 valence electrons. The summed E-state index contributed by atoms with van der Waals surface area (Å²) in [5, 5.41) is 3.37. The van der Waals surface area contributed by atoms with E-state index in [0.29, 0.717) is 0 Å². The van der Waals surface area contributed by atoms with Gasteiger partial charge in [0.2, 0.25) is 0 Å². The van der Waals surface area contributed by atoms with Gasteiger partial charge in [0.1, 0.15) is 5.75 Å². The lowest BCUT2D eigenvalue weighted by Gasteiger charge is -2.34. The zero-order valence-corrected chi connectivity index (χ0v) is 9.95. The van der Waals surface area contributed by atoms with E-state index in [-0.39, 0.29) is 5.60 Å². The zero-order valence-electron chi connectivity index (χ0n) is 9.95. The summed E-state index contributed by atoms with van der Waals surface area (Å²) >= 11 is 0. The standard InChI is InChI=1S/C13H19NO2/c1-13(10-14-7-8-16-13)9-11-3-5-12(15-2)6-4-11/h3-6,14H,7-10H2,1-2H3. The summed E-state index contributed by atoms with van der Waals surface area (Å²) in [5.74, 6) is 0.900. The van der Waals surface area contributed by atoms with Gasteiger partial charge in [-0.25, -0.2) is 0 Å². The summed E-state index contributed by atoms with van der Waals surface area (Å²) in [4.78, 5) is 0. The molecule has 2 rings (SSSR count). The fourth-order valence-corrected chi connectivity index (χ4v) is 2.06. The number of rotatable bonds is 3. The highest BCUT2D eigenvalue weighted by molar-refractivity contribution is 5.28. The Kier molecular flexibility index (Phi) is 3.46. The number of hydrogen-bond donors (Lipinski definition) is 1. The number of morpholine rings is 1. The fraction of sp³-hybridized carbons (Fsp3) is 0.538. The van der Waals surface area contributed by atoms with Crippen molar-refractivity contribution in [2.45, 2.75) is 18.9 Å². The first-order valence-electron chi connectivity index (χ1n) is 5.69. The van der Waals surface area contributed by atoms with Gasteiger partial charge >= 0.3 is 0 Å². The van der Waals surface area contributed by atoms with Crippen LogP contribution in [0, 0.1) is 0 Å². The minimum Gasteiger partial charge on any atom is -0.497 e. The molecule has 1 aliphatic heterocycles. The molecule has 0 aliphatic carbocycles. The van der Waals surface area contributed by atoms with Crippen molar-refractivity contribution in [3.05, 3.63) is 29.8 Å².